The first-order valence-corrected chi connectivity index (χ1v) is 12.1. The van der Waals surface area contributed by atoms with E-state index in [1.807, 2.05) is 18.2 Å². The van der Waals surface area contributed by atoms with Crippen LogP contribution in [0, 0.1) is 0 Å². The van der Waals surface area contributed by atoms with Crippen LogP contribution in [0.2, 0.25) is 0 Å². The number of anilines is 2. The van der Waals surface area contributed by atoms with Gasteiger partial charge in [-0.1, -0.05) is 57.4 Å². The molecule has 0 atom stereocenters. The second-order valence-corrected chi connectivity index (χ2v) is 8.28. The maximum atomic E-state index is 12.6. The number of hydrogen-bond donors (Lipinski definition) is 2. The third-order valence-electron chi connectivity index (χ3n) is 5.68. The van der Waals surface area contributed by atoms with Crippen LogP contribution in [0.1, 0.15) is 57.9 Å². The fourth-order valence-electron chi connectivity index (χ4n) is 3.58. The molecular formula is C27H39N3O3. The molecule has 0 aliphatic carbocycles. The van der Waals surface area contributed by atoms with E-state index in [2.05, 4.69) is 48.7 Å². The number of rotatable bonds is 13. The predicted molar refractivity (Wildman–Crippen MR) is 137 cm³/mol. The molecule has 2 aromatic carbocycles. The van der Waals surface area contributed by atoms with E-state index >= 15 is 0 Å². The topological polar surface area (TPSA) is 70.7 Å². The number of nitrogens with zero attached hydrogens (tertiary/aromatic N) is 1. The van der Waals surface area contributed by atoms with Crippen LogP contribution in [-0.4, -0.2) is 39.2 Å². The van der Waals surface area contributed by atoms with Crippen molar-refractivity contribution >= 4 is 23.4 Å². The lowest BCUT2D eigenvalue weighted by Crippen LogP contribution is -2.37. The van der Waals surface area contributed by atoms with E-state index in [4.69, 9.17) is 4.74 Å². The van der Waals surface area contributed by atoms with Crippen molar-refractivity contribution in [2.45, 2.75) is 58.8 Å². The molecule has 6 nitrogen and oxygen atoms in total. The van der Waals surface area contributed by atoms with E-state index in [1.54, 1.807) is 11.9 Å². The largest absolute Gasteiger partial charge is 0.469 e. The summed E-state index contributed by atoms with van der Waals surface area (Å²) in [6, 6.07) is 14.2. The number of ether oxygens (including phenoxy) is 1. The third kappa shape index (κ3) is 8.44. The first-order chi connectivity index (χ1) is 16.0. The Kier molecular flexibility index (Phi) is 11.3. The van der Waals surface area contributed by atoms with Crippen LogP contribution in [0.5, 0.6) is 0 Å². The summed E-state index contributed by atoms with van der Waals surface area (Å²) in [5, 5.41) is 6.55. The molecule has 2 aromatic rings. The second-order valence-electron chi connectivity index (χ2n) is 8.28. The molecular weight excluding hydrogens is 414 g/mol. The van der Waals surface area contributed by atoms with Gasteiger partial charge in [-0.15, -0.1) is 0 Å². The van der Waals surface area contributed by atoms with E-state index in [1.165, 1.54) is 7.11 Å². The van der Waals surface area contributed by atoms with E-state index < -0.39 is 0 Å². The van der Waals surface area contributed by atoms with Gasteiger partial charge in [-0.05, 0) is 48.6 Å². The van der Waals surface area contributed by atoms with Crippen molar-refractivity contribution in [1.29, 1.82) is 0 Å². The van der Waals surface area contributed by atoms with E-state index in [0.717, 1.165) is 66.7 Å². The van der Waals surface area contributed by atoms with Gasteiger partial charge in [-0.3, -0.25) is 9.69 Å². The Bertz CT molecular complexity index is 898. The normalized spacial score (nSPS) is 10.5. The number of aryl methyl sites for hydroxylation is 1. The van der Waals surface area contributed by atoms with Crippen LogP contribution < -0.4 is 15.5 Å². The minimum atomic E-state index is -0.205. The van der Waals surface area contributed by atoms with Crippen molar-refractivity contribution in [1.82, 2.24) is 5.32 Å². The van der Waals surface area contributed by atoms with Gasteiger partial charge in [0.05, 0.1) is 7.11 Å². The van der Waals surface area contributed by atoms with Crippen LogP contribution >= 0.6 is 0 Å². The quantitative estimate of drug-likeness (QED) is 0.288. The second kappa shape index (κ2) is 14.2. The molecule has 0 aliphatic heterocycles. The molecule has 0 unspecified atom stereocenters. The number of carbonyl (C=O) groups excluding carboxylic acids is 2. The zero-order valence-electron chi connectivity index (χ0n) is 20.6. The smallest absolute Gasteiger partial charge is 0.321 e. The molecule has 0 saturated heterocycles. The van der Waals surface area contributed by atoms with Gasteiger partial charge in [0.15, 0.2) is 0 Å². The Morgan fingerprint density at radius 3 is 2.48 bits per heavy atom. The zero-order valence-corrected chi connectivity index (χ0v) is 20.6. The molecule has 2 amide bonds. The Balaban J connectivity index is 2.22. The van der Waals surface area contributed by atoms with Gasteiger partial charge < -0.3 is 15.4 Å². The van der Waals surface area contributed by atoms with Gasteiger partial charge in [0.1, 0.15) is 0 Å². The van der Waals surface area contributed by atoms with Crippen molar-refractivity contribution in [2.75, 3.05) is 37.5 Å². The van der Waals surface area contributed by atoms with Gasteiger partial charge in [-0.2, -0.15) is 0 Å². The summed E-state index contributed by atoms with van der Waals surface area (Å²) in [5.41, 5.74) is 5.08. The summed E-state index contributed by atoms with van der Waals surface area (Å²) in [4.78, 5) is 25.8. The SMILES string of the molecule is CCCCCNC(=O)N(C)c1cccc(-c2ccc(CCC(=O)OC)cc2NCCCC)c1. The molecule has 0 spiro atoms. The molecule has 2 rings (SSSR count). The standard InChI is InChI=1S/C27H39N3O3/c1-5-7-9-18-29-27(32)30(3)23-12-10-11-22(20-23)24-15-13-21(14-16-26(31)33-4)19-25(24)28-17-8-6-2/h10-13,15,19-20,28H,5-9,14,16-18H2,1-4H3,(H,29,32). The Morgan fingerprint density at radius 1 is 0.970 bits per heavy atom. The van der Waals surface area contributed by atoms with Gasteiger partial charge in [0.2, 0.25) is 0 Å². The lowest BCUT2D eigenvalue weighted by molar-refractivity contribution is -0.140. The highest BCUT2D eigenvalue weighted by molar-refractivity contribution is 5.92. The lowest BCUT2D eigenvalue weighted by Gasteiger charge is -2.20. The summed E-state index contributed by atoms with van der Waals surface area (Å²) in [5.74, 6) is -0.205. The van der Waals surface area contributed by atoms with Crippen molar-refractivity contribution in [2.24, 2.45) is 0 Å². The van der Waals surface area contributed by atoms with Gasteiger partial charge in [0.25, 0.3) is 0 Å². The molecule has 0 heterocycles. The number of amides is 2. The van der Waals surface area contributed by atoms with E-state index in [-0.39, 0.29) is 12.0 Å². The van der Waals surface area contributed by atoms with Crippen LogP contribution in [0.3, 0.4) is 0 Å². The van der Waals surface area contributed by atoms with Crippen LogP contribution in [-0.2, 0) is 16.0 Å². The molecule has 0 saturated carbocycles. The minimum Gasteiger partial charge on any atom is -0.469 e. The van der Waals surface area contributed by atoms with Crippen molar-refractivity contribution in [3.63, 3.8) is 0 Å². The van der Waals surface area contributed by atoms with Gasteiger partial charge in [-0.25, -0.2) is 4.79 Å². The van der Waals surface area contributed by atoms with Crippen LogP contribution in [0.25, 0.3) is 11.1 Å². The number of carbonyl (C=O) groups is 2. The van der Waals surface area contributed by atoms with Crippen LogP contribution in [0.4, 0.5) is 16.2 Å². The fourth-order valence-corrected chi connectivity index (χ4v) is 3.58. The number of esters is 1. The number of hydrogen-bond acceptors (Lipinski definition) is 4. The van der Waals surface area contributed by atoms with Gasteiger partial charge >= 0.3 is 12.0 Å². The third-order valence-corrected chi connectivity index (χ3v) is 5.68. The van der Waals surface area contributed by atoms with Gasteiger partial charge in [0, 0.05) is 43.5 Å². The monoisotopic (exact) mass is 453 g/mol. The maximum Gasteiger partial charge on any atom is 0.321 e. The lowest BCUT2D eigenvalue weighted by atomic mass is 9.99. The van der Waals surface area contributed by atoms with E-state index in [0.29, 0.717) is 19.4 Å². The van der Waals surface area contributed by atoms with E-state index in [9.17, 15) is 9.59 Å². The van der Waals surface area contributed by atoms with Crippen molar-refractivity contribution in [3.8, 4) is 11.1 Å². The summed E-state index contributed by atoms with van der Waals surface area (Å²) >= 11 is 0. The van der Waals surface area contributed by atoms with Crippen LogP contribution in [0.15, 0.2) is 42.5 Å². The summed E-state index contributed by atoms with van der Waals surface area (Å²) in [6.07, 6.45) is 6.41. The number of methoxy groups -OCH3 is 1. The average molecular weight is 454 g/mol. The highest BCUT2D eigenvalue weighted by atomic mass is 16.5. The maximum absolute atomic E-state index is 12.6. The fraction of sp³-hybridized carbons (Fsp3) is 0.481. The first-order valence-electron chi connectivity index (χ1n) is 12.1. The number of benzene rings is 2. The highest BCUT2D eigenvalue weighted by Crippen LogP contribution is 2.32. The molecule has 2 N–H and O–H groups in total. The molecule has 0 radical (unpaired) electrons. The molecule has 33 heavy (non-hydrogen) atoms. The molecule has 0 fully saturated rings. The molecule has 0 aliphatic rings. The summed E-state index contributed by atoms with van der Waals surface area (Å²) < 4.78 is 4.77. The molecule has 180 valence electrons. The number of nitrogens with one attached hydrogen (secondary N) is 2. The Morgan fingerprint density at radius 2 is 1.76 bits per heavy atom. The molecule has 6 heteroatoms. The summed E-state index contributed by atoms with van der Waals surface area (Å²) in [6.45, 7) is 5.89. The molecule has 0 aromatic heterocycles. The minimum absolute atomic E-state index is 0.0947. The van der Waals surface area contributed by atoms with Crippen molar-refractivity contribution < 1.29 is 14.3 Å². The zero-order chi connectivity index (χ0) is 24.1. The summed E-state index contributed by atoms with van der Waals surface area (Å²) in [7, 11) is 3.21. The predicted octanol–water partition coefficient (Wildman–Crippen LogP) is 6.01. The number of unbranched alkanes of at least 4 members (excludes halogenated alkanes) is 3. The Hall–Kier alpha value is -3.02. The van der Waals surface area contributed by atoms with Crippen molar-refractivity contribution in [3.05, 3.63) is 48.0 Å². The number of urea groups is 1. The first kappa shape index (κ1) is 26.2. The average Bonchev–Trinajstić information content (AvgIpc) is 2.84. The highest BCUT2D eigenvalue weighted by Gasteiger charge is 2.13. The molecule has 0 bridgehead atoms. The Labute approximate surface area is 198 Å².